The van der Waals surface area contributed by atoms with Crippen LogP contribution >= 0.6 is 0 Å². The summed E-state index contributed by atoms with van der Waals surface area (Å²) in [6.07, 6.45) is 4.40. The van der Waals surface area contributed by atoms with Crippen LogP contribution in [0.15, 0.2) is 30.3 Å². The fourth-order valence-electron chi connectivity index (χ4n) is 5.47. The van der Waals surface area contributed by atoms with E-state index >= 15 is 0 Å². The molecule has 7 heteroatoms. The Morgan fingerprint density at radius 3 is 1.94 bits per heavy atom. The van der Waals surface area contributed by atoms with Crippen molar-refractivity contribution in [3.63, 3.8) is 0 Å². The predicted octanol–water partition coefficient (Wildman–Crippen LogP) is 8.13. The first kappa shape index (κ1) is 26.6. The first-order valence-corrected chi connectivity index (χ1v) is 11.5. The van der Waals surface area contributed by atoms with Crippen molar-refractivity contribution in [3.8, 4) is 5.75 Å². The van der Waals surface area contributed by atoms with Gasteiger partial charge in [-0.05, 0) is 79.9 Å². The zero-order valence-corrected chi connectivity index (χ0v) is 21.6. The summed E-state index contributed by atoms with van der Waals surface area (Å²) in [6.45, 7) is 2.30. The van der Waals surface area contributed by atoms with Crippen LogP contribution in [0.2, 0.25) is 0 Å². The third-order valence-electron chi connectivity index (χ3n) is 7.31. The van der Waals surface area contributed by atoms with Crippen molar-refractivity contribution in [2.75, 3.05) is 0 Å². The molecule has 0 bridgehead atoms. The van der Waals surface area contributed by atoms with Crippen LogP contribution in [0, 0.1) is 41.3 Å². The molecule has 0 atom stereocenters. The molecule has 2 fully saturated rings. The minimum Gasteiger partial charge on any atom is -0.455 e. The molecule has 0 aliphatic heterocycles. The van der Waals surface area contributed by atoms with Gasteiger partial charge in [0.15, 0.2) is 0 Å². The molecule has 2 aromatic rings. The molecule has 0 saturated heterocycles. The molecular weight excluding hydrogens is 512 g/mol. The SMILES string of the molecule is CC1CCC(C2CCC(c3cc(F)c(C(F)(F)Oc4cc[c-]c(F)c4)c(F)c3)CC2)CC1.[Y+3]. The van der Waals surface area contributed by atoms with Crippen LogP contribution in [-0.2, 0) is 38.8 Å². The van der Waals surface area contributed by atoms with E-state index in [1.807, 2.05) is 0 Å². The molecule has 2 saturated carbocycles. The van der Waals surface area contributed by atoms with Crippen LogP contribution in [-0.4, -0.2) is 0 Å². The summed E-state index contributed by atoms with van der Waals surface area (Å²) in [5.74, 6) is -2.01. The quantitative estimate of drug-likeness (QED) is 0.275. The molecule has 1 nitrogen and oxygen atoms in total. The molecule has 0 heterocycles. The normalized spacial score (nSPS) is 25.9. The monoisotopic (exact) mass is 540 g/mol. The zero-order chi connectivity index (χ0) is 22.9. The molecule has 0 aromatic heterocycles. The number of halogens is 5. The van der Waals surface area contributed by atoms with Crippen molar-refractivity contribution in [2.45, 2.75) is 70.3 Å². The second kappa shape index (κ2) is 11.2. The van der Waals surface area contributed by atoms with Crippen LogP contribution in [0.25, 0.3) is 0 Å². The number of rotatable bonds is 5. The summed E-state index contributed by atoms with van der Waals surface area (Å²) in [4.78, 5) is 0. The topological polar surface area (TPSA) is 9.23 Å². The summed E-state index contributed by atoms with van der Waals surface area (Å²) in [7, 11) is 0. The van der Waals surface area contributed by atoms with Crippen LogP contribution in [0.1, 0.15) is 75.3 Å². The Labute approximate surface area is 217 Å². The van der Waals surface area contributed by atoms with Crippen molar-refractivity contribution >= 4 is 0 Å². The Morgan fingerprint density at radius 2 is 1.39 bits per heavy atom. The maximum Gasteiger partial charge on any atom is 3.00 e. The smallest absolute Gasteiger partial charge is 0.455 e. The third-order valence-corrected chi connectivity index (χ3v) is 7.31. The van der Waals surface area contributed by atoms with Gasteiger partial charge in [-0.25, -0.2) is 13.2 Å². The number of ether oxygens (including phenoxy) is 1. The summed E-state index contributed by atoms with van der Waals surface area (Å²) >= 11 is 0. The average Bonchev–Trinajstić information content (AvgIpc) is 2.73. The van der Waals surface area contributed by atoms with E-state index in [1.54, 1.807) is 0 Å². The predicted molar refractivity (Wildman–Crippen MR) is 112 cm³/mol. The van der Waals surface area contributed by atoms with Crippen molar-refractivity contribution in [3.05, 3.63) is 65.0 Å². The maximum absolute atomic E-state index is 14.7. The van der Waals surface area contributed by atoms with Crippen molar-refractivity contribution in [1.29, 1.82) is 0 Å². The van der Waals surface area contributed by atoms with Crippen LogP contribution in [0.5, 0.6) is 5.75 Å². The number of alkyl halides is 2. The van der Waals surface area contributed by atoms with Crippen molar-refractivity contribution in [2.24, 2.45) is 17.8 Å². The molecule has 0 spiro atoms. The van der Waals surface area contributed by atoms with Crippen LogP contribution in [0.4, 0.5) is 22.0 Å². The molecule has 0 radical (unpaired) electrons. The molecule has 0 amide bonds. The van der Waals surface area contributed by atoms with Crippen molar-refractivity contribution in [1.82, 2.24) is 0 Å². The van der Waals surface area contributed by atoms with Gasteiger partial charge in [-0.1, -0.05) is 25.8 Å². The summed E-state index contributed by atoms with van der Waals surface area (Å²) in [5.41, 5.74) is -1.05. The van der Waals surface area contributed by atoms with E-state index in [0.29, 0.717) is 17.5 Å². The molecule has 4 rings (SSSR count). The van der Waals surface area contributed by atoms with E-state index in [9.17, 15) is 22.0 Å². The Bertz CT molecular complexity index is 911. The fraction of sp³-hybridized carbons (Fsp3) is 0.538. The Kier molecular flexibility index (Phi) is 8.99. The van der Waals surface area contributed by atoms with Gasteiger partial charge in [0.1, 0.15) is 17.2 Å². The Morgan fingerprint density at radius 1 is 0.848 bits per heavy atom. The molecule has 33 heavy (non-hydrogen) atoms. The van der Waals surface area contributed by atoms with Gasteiger partial charge in [0.25, 0.3) is 0 Å². The maximum atomic E-state index is 14.7. The summed E-state index contributed by atoms with van der Waals surface area (Å²) in [5, 5.41) is 0. The van der Waals surface area contributed by atoms with E-state index in [0.717, 1.165) is 61.8 Å². The van der Waals surface area contributed by atoms with Crippen LogP contribution in [0.3, 0.4) is 0 Å². The Balaban J connectivity index is 0.00000306. The second-order valence-corrected chi connectivity index (χ2v) is 9.48. The third kappa shape index (κ3) is 6.36. The zero-order valence-electron chi connectivity index (χ0n) is 18.7. The number of hydrogen-bond donors (Lipinski definition) is 0. The standard InChI is InChI=1S/C26H28F5O.Y/c1-16-5-7-17(8-6-16)18-9-11-19(12-10-18)20-13-23(28)25(24(29)14-20)26(30,31)32-22-4-2-3-21(27)15-22;/h2,4,13-19H,5-12H2,1H3;/q-1;+3. The summed E-state index contributed by atoms with van der Waals surface area (Å²) < 4.78 is 76.0. The second-order valence-electron chi connectivity index (χ2n) is 9.48. The number of benzene rings is 2. The molecular formula is C26H28F5OY+2. The van der Waals surface area contributed by atoms with Gasteiger partial charge < -0.3 is 4.74 Å². The molecule has 2 aromatic carbocycles. The largest absolute Gasteiger partial charge is 3.00 e. The van der Waals surface area contributed by atoms with E-state index in [2.05, 4.69) is 17.7 Å². The molecule has 0 unspecified atom stereocenters. The fourth-order valence-corrected chi connectivity index (χ4v) is 5.47. The van der Waals surface area contributed by atoms with Gasteiger partial charge in [-0.15, -0.1) is 12.1 Å². The Hall–Kier alpha value is -1.01. The van der Waals surface area contributed by atoms with Gasteiger partial charge >= 0.3 is 38.8 Å². The van der Waals surface area contributed by atoms with Crippen LogP contribution < -0.4 is 4.74 Å². The van der Waals surface area contributed by atoms with Crippen molar-refractivity contribution < 1.29 is 59.4 Å². The van der Waals surface area contributed by atoms with E-state index in [-0.39, 0.29) is 38.6 Å². The van der Waals surface area contributed by atoms with Gasteiger partial charge in [0.05, 0.1) is 0 Å². The van der Waals surface area contributed by atoms with E-state index in [1.165, 1.54) is 25.7 Å². The summed E-state index contributed by atoms with van der Waals surface area (Å²) in [6, 6.07) is 6.94. The molecule has 2 aliphatic carbocycles. The van der Waals surface area contributed by atoms with Gasteiger partial charge in [-0.3, -0.25) is 0 Å². The van der Waals surface area contributed by atoms with E-state index < -0.39 is 34.9 Å². The molecule has 2 aliphatic rings. The van der Waals surface area contributed by atoms with Gasteiger partial charge in [0, 0.05) is 11.6 Å². The minimum absolute atomic E-state index is 0. The molecule has 0 N–H and O–H groups in total. The minimum atomic E-state index is -4.28. The average molecular weight is 540 g/mol. The van der Waals surface area contributed by atoms with E-state index in [4.69, 9.17) is 0 Å². The first-order chi connectivity index (χ1) is 15.2. The number of hydrogen-bond acceptors (Lipinski definition) is 1. The van der Waals surface area contributed by atoms with Gasteiger partial charge in [-0.2, -0.15) is 14.8 Å². The van der Waals surface area contributed by atoms with Gasteiger partial charge in [0.2, 0.25) is 0 Å². The molecule has 174 valence electrons. The first-order valence-electron chi connectivity index (χ1n) is 11.5.